The van der Waals surface area contributed by atoms with Crippen LogP contribution >= 0.6 is 0 Å². The van der Waals surface area contributed by atoms with Crippen molar-refractivity contribution < 1.29 is 54.0 Å². The molecule has 2 aliphatic heterocycles. The van der Waals surface area contributed by atoms with Crippen LogP contribution in [0.3, 0.4) is 0 Å². The molecule has 17 nitrogen and oxygen atoms in total. The summed E-state index contributed by atoms with van der Waals surface area (Å²) >= 11 is 0. The molecule has 3 fully saturated rings. The second kappa shape index (κ2) is 18.4. The van der Waals surface area contributed by atoms with E-state index in [1.807, 2.05) is 6.92 Å². The highest BCUT2D eigenvalue weighted by molar-refractivity contribution is 5.80. The molecule has 2 heterocycles. The van der Waals surface area contributed by atoms with E-state index in [1.54, 1.807) is 0 Å². The van der Waals surface area contributed by atoms with Gasteiger partial charge in [-0.05, 0) is 45.1 Å². The minimum atomic E-state index is -1.62. The van der Waals surface area contributed by atoms with Crippen molar-refractivity contribution in [1.82, 2.24) is 5.32 Å². The maximum Gasteiger partial charge on any atom is 0.249 e. The van der Waals surface area contributed by atoms with Crippen LogP contribution < -0.4 is 34.0 Å². The number of carbonyl (C=O) groups excluding carboxylic acids is 1. The summed E-state index contributed by atoms with van der Waals surface area (Å²) in [6, 6.07) is -4.28. The van der Waals surface area contributed by atoms with Gasteiger partial charge in [-0.1, -0.05) is 13.3 Å². The smallest absolute Gasteiger partial charge is 0.249 e. The lowest BCUT2D eigenvalue weighted by molar-refractivity contribution is -0.324. The summed E-state index contributed by atoms with van der Waals surface area (Å²) in [6.45, 7) is 2.22. The summed E-state index contributed by atoms with van der Waals surface area (Å²) in [6.07, 6.45) is -9.84. The second-order valence-corrected chi connectivity index (χ2v) is 12.2. The number of nitrogens with one attached hydrogen (secondary N) is 1. The Bertz CT molecular complexity index is 883. The summed E-state index contributed by atoms with van der Waals surface area (Å²) in [5.74, 6) is -0.826. The lowest BCUT2D eigenvalue weighted by Gasteiger charge is -2.50. The molecular weight excluding hydrogens is 596 g/mol. The number of carbonyl (C=O) groups is 1. The fraction of sp³-hybridized carbons (Fsp3) is 0.964. The van der Waals surface area contributed by atoms with E-state index in [9.17, 15) is 30.3 Å². The maximum atomic E-state index is 13.0. The summed E-state index contributed by atoms with van der Waals surface area (Å²) in [5, 5.41) is 56.7. The summed E-state index contributed by atoms with van der Waals surface area (Å²) < 4.78 is 30.0. The minimum Gasteiger partial charge on any atom is -0.394 e. The normalized spacial score (nSPS) is 41.5. The van der Waals surface area contributed by atoms with E-state index in [0.717, 1.165) is 6.42 Å². The number of unbranched alkanes of at least 4 members (excludes halogenated alkanes) is 2. The highest BCUT2D eigenvalue weighted by Crippen LogP contribution is 2.32. The number of nitrogens with two attached hydrogens (primary N) is 5. The number of hydrogen-bond donors (Lipinski definition) is 11. The summed E-state index contributed by atoms with van der Waals surface area (Å²) in [4.78, 5) is 13.0. The van der Waals surface area contributed by atoms with E-state index in [0.29, 0.717) is 38.6 Å². The molecular formula is C28H56N6O11. The van der Waals surface area contributed by atoms with E-state index < -0.39 is 98.1 Å². The van der Waals surface area contributed by atoms with Gasteiger partial charge in [0.1, 0.15) is 42.7 Å². The van der Waals surface area contributed by atoms with E-state index in [1.165, 1.54) is 0 Å². The van der Waals surface area contributed by atoms with Crippen LogP contribution in [0.4, 0.5) is 0 Å². The monoisotopic (exact) mass is 652 g/mol. The zero-order valence-electron chi connectivity index (χ0n) is 26.0. The quantitative estimate of drug-likeness (QED) is 0.0697. The van der Waals surface area contributed by atoms with Gasteiger partial charge in [0.25, 0.3) is 0 Å². The molecule has 45 heavy (non-hydrogen) atoms. The average molecular weight is 653 g/mol. The van der Waals surface area contributed by atoms with Crippen molar-refractivity contribution in [2.75, 3.05) is 26.3 Å². The van der Waals surface area contributed by atoms with Crippen LogP contribution in [-0.4, -0.2) is 149 Å². The molecule has 0 bridgehead atoms. The van der Waals surface area contributed by atoms with Gasteiger partial charge in [-0.15, -0.1) is 0 Å². The highest BCUT2D eigenvalue weighted by Gasteiger charge is 2.55. The first kappa shape index (κ1) is 38.3. The Morgan fingerprint density at radius 1 is 0.911 bits per heavy atom. The topological polar surface area (TPSA) is 306 Å². The predicted octanol–water partition coefficient (Wildman–Crippen LogP) is -4.82. The van der Waals surface area contributed by atoms with Crippen molar-refractivity contribution in [2.45, 2.75) is 144 Å². The lowest BCUT2D eigenvalue weighted by atomic mass is 9.81. The van der Waals surface area contributed by atoms with Gasteiger partial charge in [-0.2, -0.15) is 0 Å². The van der Waals surface area contributed by atoms with Gasteiger partial charge >= 0.3 is 0 Å². The minimum absolute atomic E-state index is 0.112. The second-order valence-electron chi connectivity index (χ2n) is 12.2. The molecule has 6 unspecified atom stereocenters. The van der Waals surface area contributed by atoms with Gasteiger partial charge in [0.2, 0.25) is 5.91 Å². The Kier molecular flexibility index (Phi) is 15.7. The van der Waals surface area contributed by atoms with Crippen LogP contribution in [-0.2, 0) is 28.5 Å². The van der Waals surface area contributed by atoms with Gasteiger partial charge in [-0.25, -0.2) is 0 Å². The van der Waals surface area contributed by atoms with Gasteiger partial charge in [-0.3, -0.25) is 4.79 Å². The fourth-order valence-electron chi connectivity index (χ4n) is 5.89. The van der Waals surface area contributed by atoms with Crippen LogP contribution in [0, 0.1) is 0 Å². The summed E-state index contributed by atoms with van der Waals surface area (Å²) in [7, 11) is 0. The molecule has 1 amide bonds. The van der Waals surface area contributed by atoms with E-state index >= 15 is 0 Å². The van der Waals surface area contributed by atoms with Crippen LogP contribution in [0.5, 0.6) is 0 Å². The van der Waals surface area contributed by atoms with Crippen LogP contribution in [0.2, 0.25) is 0 Å². The molecule has 0 aromatic rings. The van der Waals surface area contributed by atoms with Crippen molar-refractivity contribution in [2.24, 2.45) is 28.7 Å². The summed E-state index contributed by atoms with van der Waals surface area (Å²) in [5.41, 5.74) is 30.2. The Hall–Kier alpha value is -1.13. The SMILES string of the molecule is CCCCOC1[C@@H](O[C@@H]2C(O)C(O[C@H]3O[C@H](CN)CCC3N)[C@@H](N)[C@@H](O)C2NC(=O)[C@@H](O)CCCCN)OC(CO)[C@@H](O)[C@@H]1N. The molecule has 16 N–H and O–H groups in total. The third kappa shape index (κ3) is 9.71. The highest BCUT2D eigenvalue weighted by atomic mass is 16.7. The zero-order chi connectivity index (χ0) is 33.3. The first-order valence-electron chi connectivity index (χ1n) is 16.0. The number of aliphatic hydroxyl groups excluding tert-OH is 5. The van der Waals surface area contributed by atoms with E-state index in [-0.39, 0.29) is 25.7 Å². The standard InChI is InChI=1S/C28H56N6O11/c1-2-3-10-41-24-17(32)20(37)16(12-35)43-28(24)45-25-19(34-26(40)15(36)6-4-5-9-29)21(38)18(33)23(22(25)39)44-27-14(31)8-7-13(11-30)42-27/h13-25,27-28,35-39H,2-12,29-33H2,1H3,(H,34,40)/t13-,14?,15-,16?,17-,18-,19?,20+,21+,22?,23?,24?,25-,27+,28+/m0/s1. The fourth-order valence-corrected chi connectivity index (χ4v) is 5.89. The van der Waals surface area contributed by atoms with Crippen LogP contribution in [0.1, 0.15) is 51.9 Å². The number of ether oxygens (including phenoxy) is 5. The molecule has 17 heteroatoms. The lowest BCUT2D eigenvalue weighted by Crippen LogP contribution is -2.74. The van der Waals surface area contributed by atoms with Crippen molar-refractivity contribution in [3.05, 3.63) is 0 Å². The molecule has 1 aliphatic carbocycles. The Balaban J connectivity index is 1.91. The Labute approximate surface area is 264 Å². The molecule has 0 spiro atoms. The molecule has 3 rings (SSSR count). The van der Waals surface area contributed by atoms with E-state index in [2.05, 4.69) is 5.32 Å². The third-order valence-corrected chi connectivity index (χ3v) is 8.78. The van der Waals surface area contributed by atoms with Crippen LogP contribution in [0.15, 0.2) is 0 Å². The third-order valence-electron chi connectivity index (χ3n) is 8.78. The Morgan fingerprint density at radius 2 is 1.60 bits per heavy atom. The first-order valence-corrected chi connectivity index (χ1v) is 16.0. The van der Waals surface area contributed by atoms with Crippen molar-refractivity contribution in [3.63, 3.8) is 0 Å². The van der Waals surface area contributed by atoms with Crippen molar-refractivity contribution in [1.29, 1.82) is 0 Å². The molecule has 3 aliphatic rings. The molecule has 15 atom stereocenters. The first-order chi connectivity index (χ1) is 21.5. The number of amides is 1. The Morgan fingerprint density at radius 3 is 2.24 bits per heavy atom. The molecule has 0 aromatic carbocycles. The van der Waals surface area contributed by atoms with Crippen molar-refractivity contribution in [3.8, 4) is 0 Å². The molecule has 264 valence electrons. The van der Waals surface area contributed by atoms with Gasteiger partial charge in [0, 0.05) is 13.2 Å². The van der Waals surface area contributed by atoms with E-state index in [4.69, 9.17) is 52.4 Å². The zero-order valence-corrected chi connectivity index (χ0v) is 26.0. The van der Waals surface area contributed by atoms with Gasteiger partial charge in [0.15, 0.2) is 12.6 Å². The largest absolute Gasteiger partial charge is 0.394 e. The van der Waals surface area contributed by atoms with Crippen molar-refractivity contribution >= 4 is 5.91 Å². The molecule has 0 aromatic heterocycles. The van der Waals surface area contributed by atoms with Gasteiger partial charge < -0.3 is 83.2 Å². The molecule has 0 radical (unpaired) electrons. The number of rotatable bonds is 16. The predicted molar refractivity (Wildman–Crippen MR) is 160 cm³/mol. The molecule has 1 saturated carbocycles. The number of hydrogen-bond acceptors (Lipinski definition) is 16. The van der Waals surface area contributed by atoms with Gasteiger partial charge in [0.05, 0.1) is 43.0 Å². The average Bonchev–Trinajstić information content (AvgIpc) is 3.03. The maximum absolute atomic E-state index is 13.0. The van der Waals surface area contributed by atoms with Crippen LogP contribution in [0.25, 0.3) is 0 Å². The number of aliphatic hydroxyl groups is 5. The molecule has 2 saturated heterocycles.